The molecule has 24 heavy (non-hydrogen) atoms. The van der Waals surface area contributed by atoms with Gasteiger partial charge in [-0.1, -0.05) is 0 Å². The van der Waals surface area contributed by atoms with Gasteiger partial charge in [0.15, 0.2) is 5.76 Å². The summed E-state index contributed by atoms with van der Waals surface area (Å²) in [6.45, 7) is 0. The number of rotatable bonds is 2. The van der Waals surface area contributed by atoms with Crippen LogP contribution in [0, 0.1) is 11.3 Å². The van der Waals surface area contributed by atoms with Gasteiger partial charge >= 0.3 is 0 Å². The van der Waals surface area contributed by atoms with Crippen LogP contribution in [0.3, 0.4) is 0 Å². The summed E-state index contributed by atoms with van der Waals surface area (Å²) in [4.78, 5) is 15.7. The molecule has 0 unspecified atom stereocenters. The van der Waals surface area contributed by atoms with E-state index in [1.54, 1.807) is 31.4 Å². The third-order valence-corrected chi connectivity index (χ3v) is 4.00. The smallest absolute Gasteiger partial charge is 0.232 e. The van der Waals surface area contributed by atoms with Crippen LogP contribution in [-0.4, -0.2) is 17.9 Å². The van der Waals surface area contributed by atoms with Gasteiger partial charge in [-0.3, -0.25) is 4.79 Å². The van der Waals surface area contributed by atoms with Crippen molar-refractivity contribution in [1.29, 1.82) is 5.26 Å². The van der Waals surface area contributed by atoms with E-state index in [1.165, 1.54) is 0 Å². The summed E-state index contributed by atoms with van der Waals surface area (Å²) in [5, 5.41) is 9.90. The summed E-state index contributed by atoms with van der Waals surface area (Å²) in [6.07, 6.45) is 3.52. The number of aromatic nitrogens is 1. The van der Waals surface area contributed by atoms with Crippen LogP contribution in [0.1, 0.15) is 21.5 Å². The Kier molecular flexibility index (Phi) is 3.10. The zero-order valence-corrected chi connectivity index (χ0v) is 12.8. The molecule has 2 aromatic carbocycles. The lowest BCUT2D eigenvalue weighted by Crippen LogP contribution is -1.98. The van der Waals surface area contributed by atoms with Gasteiger partial charge in [0.05, 0.1) is 24.3 Å². The molecule has 3 aromatic rings. The molecule has 4 rings (SSSR count). The van der Waals surface area contributed by atoms with Gasteiger partial charge < -0.3 is 14.5 Å². The van der Waals surface area contributed by atoms with Crippen molar-refractivity contribution in [3.8, 4) is 17.6 Å². The van der Waals surface area contributed by atoms with Gasteiger partial charge in [0.2, 0.25) is 5.78 Å². The highest BCUT2D eigenvalue weighted by atomic mass is 16.5. The second-order valence-corrected chi connectivity index (χ2v) is 5.42. The summed E-state index contributed by atoms with van der Waals surface area (Å²) in [6, 6.07) is 12.5. The summed E-state index contributed by atoms with van der Waals surface area (Å²) in [5.74, 6) is 1.23. The largest absolute Gasteiger partial charge is 0.497 e. The number of carbonyl (C=O) groups is 1. The zero-order chi connectivity index (χ0) is 16.7. The summed E-state index contributed by atoms with van der Waals surface area (Å²) < 4.78 is 10.9. The Hall–Kier alpha value is -3.52. The number of carbonyl (C=O) groups excluding carboxylic acids is 1. The van der Waals surface area contributed by atoms with Crippen LogP contribution in [0.15, 0.2) is 48.4 Å². The number of aromatic amines is 1. The van der Waals surface area contributed by atoms with E-state index >= 15 is 0 Å². The van der Waals surface area contributed by atoms with Crippen molar-refractivity contribution in [3.63, 3.8) is 0 Å². The average Bonchev–Trinajstić information content (AvgIpc) is 3.16. The second-order valence-electron chi connectivity index (χ2n) is 5.42. The topological polar surface area (TPSA) is 75.1 Å². The molecule has 0 spiro atoms. The number of ether oxygens (including phenoxy) is 2. The maximum atomic E-state index is 12.5. The molecule has 5 heteroatoms. The van der Waals surface area contributed by atoms with Gasteiger partial charge in [-0.25, -0.2) is 0 Å². The molecule has 1 aliphatic heterocycles. The number of hydrogen-bond acceptors (Lipinski definition) is 4. The van der Waals surface area contributed by atoms with Crippen LogP contribution in [0.4, 0.5) is 0 Å². The number of nitriles is 1. The lowest BCUT2D eigenvalue weighted by atomic mass is 10.1. The number of nitrogens with zero attached hydrogens (tertiary/aromatic N) is 1. The zero-order valence-electron chi connectivity index (χ0n) is 12.8. The van der Waals surface area contributed by atoms with Crippen LogP contribution in [0.5, 0.6) is 11.5 Å². The van der Waals surface area contributed by atoms with Crippen LogP contribution >= 0.6 is 0 Å². The molecule has 0 saturated carbocycles. The highest BCUT2D eigenvalue weighted by Crippen LogP contribution is 2.33. The Balaban J connectivity index is 1.78. The van der Waals surface area contributed by atoms with Crippen LogP contribution in [0.25, 0.3) is 17.0 Å². The minimum Gasteiger partial charge on any atom is -0.497 e. The fourth-order valence-corrected chi connectivity index (χ4v) is 2.77. The Morgan fingerprint density at radius 1 is 1.25 bits per heavy atom. The first-order valence-corrected chi connectivity index (χ1v) is 7.33. The number of nitrogens with one attached hydrogen (secondary N) is 1. The molecule has 0 saturated heterocycles. The lowest BCUT2D eigenvalue weighted by Gasteiger charge is -2.00. The van der Waals surface area contributed by atoms with Gasteiger partial charge in [-0.15, -0.1) is 0 Å². The number of Topliss-reactive ketones (excluding diaryl/α,β-unsaturated/α-hetero) is 1. The van der Waals surface area contributed by atoms with Crippen LogP contribution < -0.4 is 9.47 Å². The van der Waals surface area contributed by atoms with Crippen molar-refractivity contribution in [3.05, 3.63) is 65.0 Å². The monoisotopic (exact) mass is 316 g/mol. The van der Waals surface area contributed by atoms with Crippen molar-refractivity contribution in [1.82, 2.24) is 4.98 Å². The number of hydrogen-bond donors (Lipinski definition) is 1. The van der Waals surface area contributed by atoms with E-state index in [4.69, 9.17) is 14.7 Å². The van der Waals surface area contributed by atoms with Crippen molar-refractivity contribution in [2.45, 2.75) is 0 Å². The van der Waals surface area contributed by atoms with Gasteiger partial charge in [0, 0.05) is 22.7 Å². The van der Waals surface area contributed by atoms with Crippen molar-refractivity contribution >= 4 is 22.8 Å². The average molecular weight is 316 g/mol. The first-order chi connectivity index (χ1) is 11.7. The minimum atomic E-state index is -0.223. The normalized spacial score (nSPS) is 14.5. The first-order valence-electron chi connectivity index (χ1n) is 7.33. The molecule has 1 aliphatic rings. The molecule has 0 bridgehead atoms. The predicted molar refractivity (Wildman–Crippen MR) is 88.9 cm³/mol. The Morgan fingerprint density at radius 2 is 2.12 bits per heavy atom. The molecule has 5 nitrogen and oxygen atoms in total. The third-order valence-electron chi connectivity index (χ3n) is 4.00. The maximum Gasteiger partial charge on any atom is 0.232 e. The highest BCUT2D eigenvalue weighted by Gasteiger charge is 2.27. The van der Waals surface area contributed by atoms with Crippen molar-refractivity contribution in [2.24, 2.45) is 0 Å². The number of fused-ring (bicyclic) bond motifs is 2. The van der Waals surface area contributed by atoms with E-state index in [2.05, 4.69) is 4.98 Å². The van der Waals surface area contributed by atoms with Crippen molar-refractivity contribution in [2.75, 3.05) is 7.11 Å². The first kappa shape index (κ1) is 14.1. The molecule has 1 aromatic heterocycles. The number of benzene rings is 2. The number of ketones is 1. The van der Waals surface area contributed by atoms with E-state index in [0.717, 1.165) is 22.2 Å². The van der Waals surface area contributed by atoms with E-state index in [9.17, 15) is 4.79 Å². The molecule has 1 N–H and O–H groups in total. The van der Waals surface area contributed by atoms with Gasteiger partial charge in [0.25, 0.3) is 0 Å². The summed E-state index contributed by atoms with van der Waals surface area (Å²) in [5.41, 5.74) is 2.62. The summed E-state index contributed by atoms with van der Waals surface area (Å²) in [7, 11) is 1.61. The second kappa shape index (κ2) is 5.28. The molecule has 2 heterocycles. The molecule has 116 valence electrons. The predicted octanol–water partition coefficient (Wildman–Crippen LogP) is 3.66. The highest BCUT2D eigenvalue weighted by molar-refractivity contribution is 6.15. The maximum absolute atomic E-state index is 12.5. The number of H-pyrrole nitrogens is 1. The molecule has 0 amide bonds. The van der Waals surface area contributed by atoms with Gasteiger partial charge in [-0.05, 0) is 42.5 Å². The Bertz CT molecular complexity index is 1050. The molecule has 0 fully saturated rings. The SMILES string of the molecule is COc1ccc2[nH]cc(C=C3Oc4ccc(C#N)cc4C3=O)c2c1. The molecular weight excluding hydrogens is 304 g/mol. The fourth-order valence-electron chi connectivity index (χ4n) is 2.77. The lowest BCUT2D eigenvalue weighted by molar-refractivity contribution is 0.101. The fraction of sp³-hybridized carbons (Fsp3) is 0.0526. The number of allylic oxidation sites excluding steroid dienone is 1. The number of methoxy groups -OCH3 is 1. The molecule has 0 radical (unpaired) electrons. The van der Waals surface area contributed by atoms with Gasteiger partial charge in [-0.2, -0.15) is 5.26 Å². The molecule has 0 aliphatic carbocycles. The van der Waals surface area contributed by atoms with E-state index in [0.29, 0.717) is 16.9 Å². The van der Waals surface area contributed by atoms with Crippen molar-refractivity contribution < 1.29 is 14.3 Å². The Morgan fingerprint density at radius 3 is 2.92 bits per heavy atom. The summed E-state index contributed by atoms with van der Waals surface area (Å²) >= 11 is 0. The van der Waals surface area contributed by atoms with E-state index in [1.807, 2.05) is 30.5 Å². The van der Waals surface area contributed by atoms with E-state index in [-0.39, 0.29) is 11.5 Å². The standard InChI is InChI=1S/C19H12N2O3/c1-23-13-3-4-16-14(8-13)12(10-21-16)7-18-19(22)15-6-11(9-20)2-5-17(15)24-18/h2-8,10,21H,1H3. The van der Waals surface area contributed by atoms with E-state index < -0.39 is 0 Å². The quantitative estimate of drug-likeness (QED) is 0.732. The van der Waals surface area contributed by atoms with Crippen LogP contribution in [-0.2, 0) is 0 Å². The van der Waals surface area contributed by atoms with Crippen LogP contribution in [0.2, 0.25) is 0 Å². The third kappa shape index (κ3) is 2.13. The minimum absolute atomic E-state index is 0.223. The Labute approximate surface area is 137 Å². The van der Waals surface area contributed by atoms with Gasteiger partial charge in [0.1, 0.15) is 11.5 Å². The molecular formula is C19H12N2O3. The molecule has 0 atom stereocenters.